The van der Waals surface area contributed by atoms with Gasteiger partial charge in [-0.2, -0.15) is 5.26 Å². The molecule has 21 heavy (non-hydrogen) atoms. The summed E-state index contributed by atoms with van der Waals surface area (Å²) in [6, 6.07) is 3.72. The molecule has 0 radical (unpaired) electrons. The molecule has 0 bridgehead atoms. The van der Waals surface area contributed by atoms with Gasteiger partial charge in [0.2, 0.25) is 0 Å². The van der Waals surface area contributed by atoms with Gasteiger partial charge in [0.1, 0.15) is 17.1 Å². The minimum atomic E-state index is -0.925. The van der Waals surface area contributed by atoms with E-state index >= 15 is 0 Å². The molecule has 112 valence electrons. The molecular weight excluding hydrogens is 279 g/mol. The van der Waals surface area contributed by atoms with E-state index in [-0.39, 0.29) is 13.1 Å². The number of rotatable bonds is 5. The predicted molar refractivity (Wildman–Crippen MR) is 73.8 cm³/mol. The Hall–Kier alpha value is -2.69. The first kappa shape index (κ1) is 16.4. The lowest BCUT2D eigenvalue weighted by molar-refractivity contribution is -0.384. The van der Waals surface area contributed by atoms with E-state index in [1.165, 1.54) is 4.90 Å². The van der Waals surface area contributed by atoms with Crippen LogP contribution in [0.3, 0.4) is 0 Å². The van der Waals surface area contributed by atoms with Crippen LogP contribution in [0.5, 0.6) is 0 Å². The van der Waals surface area contributed by atoms with Crippen molar-refractivity contribution in [2.75, 3.05) is 18.8 Å². The first-order valence-electron chi connectivity index (χ1n) is 6.24. The number of hydrogen-bond acceptors (Lipinski definition) is 5. The van der Waals surface area contributed by atoms with Gasteiger partial charge in [0.15, 0.2) is 0 Å². The van der Waals surface area contributed by atoms with Gasteiger partial charge >= 0.3 is 0 Å². The number of anilines is 1. The summed E-state index contributed by atoms with van der Waals surface area (Å²) in [4.78, 5) is 23.6. The summed E-state index contributed by atoms with van der Waals surface area (Å²) in [5.41, 5.74) is 3.99. The van der Waals surface area contributed by atoms with Crippen LogP contribution in [0.2, 0.25) is 0 Å². The molecule has 1 unspecified atom stereocenters. The van der Waals surface area contributed by atoms with E-state index in [1.54, 1.807) is 13.8 Å². The number of carbonyl (C=O) groups excluding carboxylic acids is 1. The second-order valence-corrected chi connectivity index (χ2v) is 4.49. The Labute approximate surface area is 120 Å². The molecule has 2 N–H and O–H groups in total. The second-order valence-electron chi connectivity index (χ2n) is 4.49. The van der Waals surface area contributed by atoms with Crippen molar-refractivity contribution < 1.29 is 14.1 Å². The van der Waals surface area contributed by atoms with Gasteiger partial charge in [-0.15, -0.1) is 0 Å². The molecule has 0 aliphatic rings. The van der Waals surface area contributed by atoms with Crippen molar-refractivity contribution >= 4 is 17.3 Å². The fourth-order valence-corrected chi connectivity index (χ4v) is 1.84. The van der Waals surface area contributed by atoms with E-state index in [2.05, 4.69) is 0 Å². The predicted octanol–water partition coefficient (Wildman–Crippen LogP) is 1.94. The maximum absolute atomic E-state index is 13.8. The number of nitrogen functional groups attached to an aromatic ring is 1. The van der Waals surface area contributed by atoms with Crippen molar-refractivity contribution in [1.82, 2.24) is 4.90 Å². The van der Waals surface area contributed by atoms with E-state index in [1.807, 2.05) is 6.07 Å². The summed E-state index contributed by atoms with van der Waals surface area (Å²) in [5.74, 6) is -2.14. The van der Waals surface area contributed by atoms with E-state index in [0.29, 0.717) is 0 Å². The summed E-state index contributed by atoms with van der Waals surface area (Å²) < 4.78 is 13.8. The molecule has 0 aliphatic carbocycles. The lowest BCUT2D eigenvalue weighted by Gasteiger charge is -2.22. The van der Waals surface area contributed by atoms with Crippen molar-refractivity contribution in [3.05, 3.63) is 33.6 Å². The Kier molecular flexibility index (Phi) is 5.18. The van der Waals surface area contributed by atoms with Crippen LogP contribution in [0.25, 0.3) is 0 Å². The summed E-state index contributed by atoms with van der Waals surface area (Å²) in [6.07, 6.45) is 0. The summed E-state index contributed by atoms with van der Waals surface area (Å²) in [7, 11) is 0. The number of nitro groups is 1. The Morgan fingerprint density at radius 3 is 2.71 bits per heavy atom. The molecule has 0 saturated heterocycles. The number of nitriles is 1. The Bertz CT molecular complexity index is 612. The molecule has 0 spiro atoms. The monoisotopic (exact) mass is 294 g/mol. The molecule has 0 saturated carbocycles. The fraction of sp³-hybridized carbons (Fsp3) is 0.385. The molecule has 7 nitrogen and oxygen atoms in total. The van der Waals surface area contributed by atoms with Gasteiger partial charge in [0.05, 0.1) is 16.9 Å². The first-order valence-corrected chi connectivity index (χ1v) is 6.24. The minimum Gasteiger partial charge on any atom is -0.392 e. The van der Waals surface area contributed by atoms with Crippen LogP contribution < -0.4 is 5.73 Å². The van der Waals surface area contributed by atoms with Gasteiger partial charge in [-0.1, -0.05) is 0 Å². The minimum absolute atomic E-state index is 0.0907. The Morgan fingerprint density at radius 1 is 1.62 bits per heavy atom. The highest BCUT2D eigenvalue weighted by Gasteiger charge is 2.27. The number of nitrogens with zero attached hydrogens (tertiary/aromatic N) is 3. The van der Waals surface area contributed by atoms with Crippen molar-refractivity contribution in [2.24, 2.45) is 5.92 Å². The topological polar surface area (TPSA) is 113 Å². The standard InChI is InChI=1S/C13H15FN4O3/c1-3-17(7-8(2)6-15)13(19)11-9(14)4-5-10(12(11)16)18(20)21/h4-5,8H,3,7,16H2,1-2H3. The molecule has 0 aromatic heterocycles. The SMILES string of the molecule is CCN(CC(C)C#N)C(=O)c1c(F)ccc([N+](=O)[O-])c1N. The molecule has 1 amide bonds. The van der Waals surface area contributed by atoms with Gasteiger partial charge in [0, 0.05) is 19.2 Å². The zero-order valence-electron chi connectivity index (χ0n) is 11.7. The van der Waals surface area contributed by atoms with E-state index in [9.17, 15) is 19.3 Å². The highest BCUT2D eigenvalue weighted by Crippen LogP contribution is 2.28. The van der Waals surface area contributed by atoms with Crippen molar-refractivity contribution in [2.45, 2.75) is 13.8 Å². The molecule has 0 fully saturated rings. The van der Waals surface area contributed by atoms with Gasteiger partial charge < -0.3 is 10.6 Å². The summed E-state index contributed by atoms with van der Waals surface area (Å²) in [5, 5.41) is 19.6. The normalized spacial score (nSPS) is 11.5. The van der Waals surface area contributed by atoms with Gasteiger partial charge in [-0.25, -0.2) is 4.39 Å². The highest BCUT2D eigenvalue weighted by atomic mass is 19.1. The molecule has 1 rings (SSSR count). The average Bonchev–Trinajstić information content (AvgIpc) is 2.43. The largest absolute Gasteiger partial charge is 0.392 e. The van der Waals surface area contributed by atoms with E-state index in [4.69, 9.17) is 11.0 Å². The molecular formula is C13H15FN4O3. The van der Waals surface area contributed by atoms with Crippen LogP contribution in [-0.2, 0) is 0 Å². The zero-order valence-corrected chi connectivity index (χ0v) is 11.7. The molecule has 0 aliphatic heterocycles. The Morgan fingerprint density at radius 2 is 2.24 bits per heavy atom. The third-order valence-electron chi connectivity index (χ3n) is 2.97. The highest BCUT2D eigenvalue weighted by molar-refractivity contribution is 6.01. The van der Waals surface area contributed by atoms with Gasteiger partial charge in [-0.05, 0) is 19.9 Å². The van der Waals surface area contributed by atoms with E-state index < -0.39 is 39.5 Å². The molecule has 1 atom stereocenters. The molecule has 0 heterocycles. The first-order chi connectivity index (χ1) is 9.83. The lowest BCUT2D eigenvalue weighted by atomic mass is 10.1. The number of nitrogens with two attached hydrogens (primary N) is 1. The maximum atomic E-state index is 13.8. The van der Waals surface area contributed by atoms with Crippen molar-refractivity contribution in [3.8, 4) is 6.07 Å². The molecule has 1 aromatic carbocycles. The van der Waals surface area contributed by atoms with Crippen molar-refractivity contribution in [3.63, 3.8) is 0 Å². The number of amides is 1. The second kappa shape index (κ2) is 6.65. The zero-order chi connectivity index (χ0) is 16.2. The quantitative estimate of drug-likeness (QED) is 0.506. The summed E-state index contributed by atoms with van der Waals surface area (Å²) in [6.45, 7) is 3.59. The van der Waals surface area contributed by atoms with Crippen LogP contribution in [0, 0.1) is 33.2 Å². The lowest BCUT2D eigenvalue weighted by Crippen LogP contribution is -2.35. The number of carbonyl (C=O) groups is 1. The van der Waals surface area contributed by atoms with Crippen LogP contribution >= 0.6 is 0 Å². The van der Waals surface area contributed by atoms with Crippen LogP contribution in [0.4, 0.5) is 15.8 Å². The van der Waals surface area contributed by atoms with Gasteiger partial charge in [-0.3, -0.25) is 14.9 Å². The average molecular weight is 294 g/mol. The van der Waals surface area contributed by atoms with E-state index in [0.717, 1.165) is 12.1 Å². The number of nitro benzene ring substituents is 1. The number of benzene rings is 1. The van der Waals surface area contributed by atoms with Crippen LogP contribution in [-0.4, -0.2) is 28.8 Å². The fourth-order valence-electron chi connectivity index (χ4n) is 1.84. The Balaban J connectivity index is 3.25. The number of halogens is 1. The summed E-state index contributed by atoms with van der Waals surface area (Å²) >= 11 is 0. The third kappa shape index (κ3) is 3.45. The van der Waals surface area contributed by atoms with Crippen LogP contribution in [0.1, 0.15) is 24.2 Å². The van der Waals surface area contributed by atoms with Crippen molar-refractivity contribution in [1.29, 1.82) is 5.26 Å². The molecule has 8 heteroatoms. The maximum Gasteiger partial charge on any atom is 0.293 e. The number of hydrogen-bond donors (Lipinski definition) is 1. The van der Waals surface area contributed by atoms with Crippen LogP contribution in [0.15, 0.2) is 12.1 Å². The smallest absolute Gasteiger partial charge is 0.293 e. The molecule has 1 aromatic rings. The third-order valence-corrected chi connectivity index (χ3v) is 2.97. The van der Waals surface area contributed by atoms with Gasteiger partial charge in [0.25, 0.3) is 11.6 Å².